The molecular formula is C17H24FNO. The van der Waals surface area contributed by atoms with Gasteiger partial charge >= 0.3 is 0 Å². The van der Waals surface area contributed by atoms with Crippen LogP contribution in [-0.4, -0.2) is 25.8 Å². The van der Waals surface area contributed by atoms with E-state index in [9.17, 15) is 4.39 Å². The zero-order valence-corrected chi connectivity index (χ0v) is 12.0. The average Bonchev–Trinajstić information content (AvgIpc) is 2.95. The molecule has 1 aliphatic carbocycles. The van der Waals surface area contributed by atoms with Crippen LogP contribution in [-0.2, 0) is 4.74 Å². The standard InChI is InChI=1S/C17H24FNO/c18-15-8-6-14(7-9-15)16-11-20-12-17(16)19-10-13-4-2-1-3-5-13/h6-9,13,16-17,19H,1-5,10-12H2/t16-,17+/m0/s1. The van der Waals surface area contributed by atoms with Crippen LogP contribution in [0.4, 0.5) is 4.39 Å². The van der Waals surface area contributed by atoms with E-state index in [2.05, 4.69) is 5.32 Å². The zero-order chi connectivity index (χ0) is 13.8. The first kappa shape index (κ1) is 14.0. The second kappa shape index (κ2) is 6.68. The number of nitrogens with one attached hydrogen (secondary N) is 1. The quantitative estimate of drug-likeness (QED) is 0.910. The van der Waals surface area contributed by atoms with Gasteiger partial charge in [-0.15, -0.1) is 0 Å². The van der Waals surface area contributed by atoms with Gasteiger partial charge in [-0.05, 0) is 43.0 Å². The van der Waals surface area contributed by atoms with Gasteiger partial charge < -0.3 is 10.1 Å². The lowest BCUT2D eigenvalue weighted by Crippen LogP contribution is -2.38. The van der Waals surface area contributed by atoms with Crippen molar-refractivity contribution in [2.24, 2.45) is 5.92 Å². The summed E-state index contributed by atoms with van der Waals surface area (Å²) in [5.41, 5.74) is 1.19. The molecule has 0 radical (unpaired) electrons. The molecule has 2 nitrogen and oxygen atoms in total. The Morgan fingerprint density at radius 1 is 1.05 bits per heavy atom. The lowest BCUT2D eigenvalue weighted by molar-refractivity contribution is 0.186. The molecule has 1 aliphatic heterocycles. The van der Waals surface area contributed by atoms with Crippen LogP contribution in [0.5, 0.6) is 0 Å². The number of ether oxygens (including phenoxy) is 1. The first-order valence-corrected chi connectivity index (χ1v) is 7.89. The van der Waals surface area contributed by atoms with Gasteiger partial charge in [0.25, 0.3) is 0 Å². The van der Waals surface area contributed by atoms with Gasteiger partial charge in [0.2, 0.25) is 0 Å². The first-order chi connectivity index (χ1) is 9.83. The van der Waals surface area contributed by atoms with E-state index in [4.69, 9.17) is 4.74 Å². The summed E-state index contributed by atoms with van der Waals surface area (Å²) in [6.45, 7) is 2.62. The van der Waals surface area contributed by atoms with Crippen molar-refractivity contribution < 1.29 is 9.13 Å². The minimum Gasteiger partial charge on any atom is -0.379 e. The van der Waals surface area contributed by atoms with Crippen molar-refractivity contribution in [2.75, 3.05) is 19.8 Å². The number of hydrogen-bond acceptors (Lipinski definition) is 2. The summed E-state index contributed by atoms with van der Waals surface area (Å²) in [5.74, 6) is 1.02. The summed E-state index contributed by atoms with van der Waals surface area (Å²) >= 11 is 0. The lowest BCUT2D eigenvalue weighted by Gasteiger charge is -2.26. The normalized spacial score (nSPS) is 27.9. The number of hydrogen-bond donors (Lipinski definition) is 1. The maximum atomic E-state index is 13.0. The highest BCUT2D eigenvalue weighted by Crippen LogP contribution is 2.27. The molecule has 1 aromatic carbocycles. The fraction of sp³-hybridized carbons (Fsp3) is 0.647. The maximum absolute atomic E-state index is 13.0. The molecule has 0 aromatic heterocycles. The molecule has 2 atom stereocenters. The summed E-state index contributed by atoms with van der Waals surface area (Å²) in [6.07, 6.45) is 6.90. The number of halogens is 1. The SMILES string of the molecule is Fc1ccc([C@@H]2COC[C@H]2NCC2CCCCC2)cc1. The molecule has 20 heavy (non-hydrogen) atoms. The van der Waals surface area contributed by atoms with Crippen LogP contribution < -0.4 is 5.32 Å². The average molecular weight is 277 g/mol. The molecule has 110 valence electrons. The van der Waals surface area contributed by atoms with Gasteiger partial charge in [0.1, 0.15) is 5.82 Å². The third-order valence-electron chi connectivity index (χ3n) is 4.77. The fourth-order valence-electron chi connectivity index (χ4n) is 3.50. The van der Waals surface area contributed by atoms with Crippen molar-refractivity contribution in [1.29, 1.82) is 0 Å². The van der Waals surface area contributed by atoms with Gasteiger partial charge in [-0.3, -0.25) is 0 Å². The Morgan fingerprint density at radius 3 is 2.55 bits per heavy atom. The van der Waals surface area contributed by atoms with E-state index in [-0.39, 0.29) is 5.82 Å². The maximum Gasteiger partial charge on any atom is 0.123 e. The highest BCUT2D eigenvalue weighted by Gasteiger charge is 2.29. The number of rotatable bonds is 4. The van der Waals surface area contributed by atoms with E-state index in [1.165, 1.54) is 37.7 Å². The Hall–Kier alpha value is -0.930. The Morgan fingerprint density at radius 2 is 1.80 bits per heavy atom. The molecule has 1 aromatic rings. The second-order valence-electron chi connectivity index (χ2n) is 6.21. The van der Waals surface area contributed by atoms with E-state index in [0.29, 0.717) is 12.0 Å². The molecule has 0 unspecified atom stereocenters. The summed E-state index contributed by atoms with van der Waals surface area (Å²) in [7, 11) is 0. The van der Waals surface area contributed by atoms with Gasteiger partial charge in [0.05, 0.1) is 13.2 Å². The fourth-order valence-corrected chi connectivity index (χ4v) is 3.50. The predicted molar refractivity (Wildman–Crippen MR) is 78.3 cm³/mol. The van der Waals surface area contributed by atoms with Crippen LogP contribution >= 0.6 is 0 Å². The van der Waals surface area contributed by atoms with Crippen LogP contribution in [0.25, 0.3) is 0 Å². The van der Waals surface area contributed by atoms with Crippen LogP contribution in [0.3, 0.4) is 0 Å². The van der Waals surface area contributed by atoms with E-state index in [0.717, 1.165) is 25.7 Å². The molecule has 3 heteroatoms. The third kappa shape index (κ3) is 3.39. The van der Waals surface area contributed by atoms with Crippen LogP contribution in [0, 0.1) is 11.7 Å². The highest BCUT2D eigenvalue weighted by atomic mass is 19.1. The molecule has 0 spiro atoms. The Labute approximate surface area is 120 Å². The summed E-state index contributed by atoms with van der Waals surface area (Å²) in [4.78, 5) is 0. The molecule has 0 bridgehead atoms. The summed E-state index contributed by atoms with van der Waals surface area (Å²) in [6, 6.07) is 7.26. The van der Waals surface area contributed by atoms with Crippen molar-refractivity contribution >= 4 is 0 Å². The zero-order valence-electron chi connectivity index (χ0n) is 12.0. The predicted octanol–water partition coefficient (Wildman–Crippen LogP) is 3.48. The highest BCUT2D eigenvalue weighted by molar-refractivity contribution is 5.23. The monoisotopic (exact) mass is 277 g/mol. The van der Waals surface area contributed by atoms with Crippen molar-refractivity contribution in [3.05, 3.63) is 35.6 Å². The van der Waals surface area contributed by atoms with Crippen molar-refractivity contribution in [1.82, 2.24) is 5.32 Å². The summed E-state index contributed by atoms with van der Waals surface area (Å²) in [5, 5.41) is 3.70. The minimum atomic E-state index is -0.167. The molecule has 1 saturated heterocycles. The van der Waals surface area contributed by atoms with Crippen molar-refractivity contribution in [3.8, 4) is 0 Å². The molecular weight excluding hydrogens is 253 g/mol. The minimum absolute atomic E-state index is 0.167. The van der Waals surface area contributed by atoms with Crippen LogP contribution in [0.2, 0.25) is 0 Å². The third-order valence-corrected chi connectivity index (χ3v) is 4.77. The Kier molecular flexibility index (Phi) is 4.69. The van der Waals surface area contributed by atoms with E-state index < -0.39 is 0 Å². The molecule has 1 heterocycles. The van der Waals surface area contributed by atoms with Crippen LogP contribution in [0.1, 0.15) is 43.6 Å². The summed E-state index contributed by atoms with van der Waals surface area (Å²) < 4.78 is 18.7. The molecule has 2 fully saturated rings. The van der Waals surface area contributed by atoms with Crippen molar-refractivity contribution in [3.63, 3.8) is 0 Å². The molecule has 1 N–H and O–H groups in total. The lowest BCUT2D eigenvalue weighted by atomic mass is 9.88. The Balaban J connectivity index is 1.56. The molecule has 1 saturated carbocycles. The first-order valence-electron chi connectivity index (χ1n) is 7.89. The van der Waals surface area contributed by atoms with E-state index in [1.54, 1.807) is 12.1 Å². The van der Waals surface area contributed by atoms with Gasteiger partial charge in [0.15, 0.2) is 0 Å². The topological polar surface area (TPSA) is 21.3 Å². The Bertz CT molecular complexity index is 414. The van der Waals surface area contributed by atoms with Gasteiger partial charge in [-0.1, -0.05) is 31.4 Å². The molecule has 2 aliphatic rings. The van der Waals surface area contributed by atoms with Gasteiger partial charge in [-0.25, -0.2) is 4.39 Å². The van der Waals surface area contributed by atoms with Crippen LogP contribution in [0.15, 0.2) is 24.3 Å². The van der Waals surface area contributed by atoms with Gasteiger partial charge in [0, 0.05) is 12.0 Å². The van der Waals surface area contributed by atoms with E-state index in [1.807, 2.05) is 12.1 Å². The van der Waals surface area contributed by atoms with Gasteiger partial charge in [-0.2, -0.15) is 0 Å². The second-order valence-corrected chi connectivity index (χ2v) is 6.21. The van der Waals surface area contributed by atoms with E-state index >= 15 is 0 Å². The molecule has 3 rings (SSSR count). The molecule has 0 amide bonds. The largest absolute Gasteiger partial charge is 0.379 e. The smallest absolute Gasteiger partial charge is 0.123 e. The number of benzene rings is 1. The van der Waals surface area contributed by atoms with Crippen molar-refractivity contribution in [2.45, 2.75) is 44.1 Å².